The fourth-order valence-corrected chi connectivity index (χ4v) is 3.77. The molecule has 3 aromatic carbocycles. The van der Waals surface area contributed by atoms with Crippen LogP contribution in [0.4, 0.5) is 9.18 Å². The van der Waals surface area contributed by atoms with E-state index in [2.05, 4.69) is 4.98 Å². The number of ether oxygens (including phenoxy) is 2. The third-order valence-corrected chi connectivity index (χ3v) is 5.91. The number of oxazole rings is 1. The van der Waals surface area contributed by atoms with Crippen molar-refractivity contribution >= 4 is 23.7 Å². The summed E-state index contributed by atoms with van der Waals surface area (Å²) < 4.78 is 30.7. The minimum Gasteiger partial charge on any atom is -0.487 e. The first-order chi connectivity index (χ1) is 18.2. The third kappa shape index (κ3) is 6.68. The van der Waals surface area contributed by atoms with E-state index in [9.17, 15) is 19.1 Å². The molecular formula is C28H24ClFN2O6. The van der Waals surface area contributed by atoms with Crippen molar-refractivity contribution in [3.8, 4) is 23.0 Å². The van der Waals surface area contributed by atoms with Crippen molar-refractivity contribution < 1.29 is 33.0 Å². The van der Waals surface area contributed by atoms with Crippen molar-refractivity contribution in [1.82, 2.24) is 9.88 Å². The predicted molar refractivity (Wildman–Crippen MR) is 138 cm³/mol. The van der Waals surface area contributed by atoms with Crippen LogP contribution in [0.15, 0.2) is 77.4 Å². The highest BCUT2D eigenvalue weighted by molar-refractivity contribution is 6.30. The number of nitrogens with zero attached hydrogens (tertiary/aromatic N) is 2. The van der Waals surface area contributed by atoms with Gasteiger partial charge in [0.1, 0.15) is 30.9 Å². The van der Waals surface area contributed by atoms with E-state index >= 15 is 0 Å². The van der Waals surface area contributed by atoms with Crippen LogP contribution >= 0.6 is 11.6 Å². The van der Waals surface area contributed by atoms with Crippen LogP contribution in [-0.4, -0.2) is 33.6 Å². The number of carbonyl (C=O) groups excluding carboxylic acids is 1. The van der Waals surface area contributed by atoms with Gasteiger partial charge in [-0.3, -0.25) is 9.69 Å². The highest BCUT2D eigenvalue weighted by atomic mass is 35.5. The Bertz CT molecular complexity index is 1440. The van der Waals surface area contributed by atoms with E-state index in [1.165, 1.54) is 24.5 Å². The Balaban J connectivity index is 1.46. The third-order valence-electron chi connectivity index (χ3n) is 5.66. The van der Waals surface area contributed by atoms with Gasteiger partial charge in [0.15, 0.2) is 11.6 Å². The molecule has 0 spiro atoms. The van der Waals surface area contributed by atoms with Gasteiger partial charge in [-0.05, 0) is 73.5 Å². The molecule has 1 heterocycles. The summed E-state index contributed by atoms with van der Waals surface area (Å²) in [5.41, 5.74) is 2.61. The number of carbonyl (C=O) groups is 2. The first-order valence-electron chi connectivity index (χ1n) is 11.6. The van der Waals surface area contributed by atoms with Gasteiger partial charge in [0.05, 0.1) is 6.04 Å². The largest absolute Gasteiger partial charge is 0.487 e. The maximum Gasteiger partial charge on any atom is 0.416 e. The van der Waals surface area contributed by atoms with Crippen molar-refractivity contribution in [3.05, 3.63) is 101 Å². The van der Waals surface area contributed by atoms with Gasteiger partial charge in [-0.25, -0.2) is 14.2 Å². The van der Waals surface area contributed by atoms with Crippen LogP contribution in [0.5, 0.6) is 11.5 Å². The lowest BCUT2D eigenvalue weighted by Gasteiger charge is -2.27. The molecule has 0 radical (unpaired) electrons. The Hall–Kier alpha value is -4.37. The van der Waals surface area contributed by atoms with Gasteiger partial charge in [0.25, 0.3) is 0 Å². The number of rotatable bonds is 9. The smallest absolute Gasteiger partial charge is 0.416 e. The van der Waals surface area contributed by atoms with Gasteiger partial charge in [0, 0.05) is 10.6 Å². The first kappa shape index (κ1) is 26.7. The van der Waals surface area contributed by atoms with Crippen LogP contribution in [0.3, 0.4) is 0 Å². The maximum atomic E-state index is 14.1. The number of aromatic nitrogens is 1. The number of amides is 1. The van der Waals surface area contributed by atoms with Crippen molar-refractivity contribution in [1.29, 1.82) is 0 Å². The molecule has 8 nitrogen and oxygen atoms in total. The first-order valence-corrected chi connectivity index (χ1v) is 12.0. The minimum atomic E-state index is -1.24. The lowest BCUT2D eigenvalue weighted by Crippen LogP contribution is -2.39. The van der Waals surface area contributed by atoms with Gasteiger partial charge in [-0.2, -0.15) is 0 Å². The van der Waals surface area contributed by atoms with E-state index in [4.69, 9.17) is 25.5 Å². The molecule has 1 N–H and O–H groups in total. The zero-order chi connectivity index (χ0) is 27.2. The Morgan fingerprint density at radius 2 is 1.89 bits per heavy atom. The lowest BCUT2D eigenvalue weighted by atomic mass is 10.1. The van der Waals surface area contributed by atoms with Crippen molar-refractivity contribution in [2.24, 2.45) is 0 Å². The van der Waals surface area contributed by atoms with Crippen LogP contribution in [0, 0.1) is 12.7 Å². The van der Waals surface area contributed by atoms with Crippen LogP contribution in [0.25, 0.3) is 11.5 Å². The van der Waals surface area contributed by atoms with Gasteiger partial charge < -0.3 is 19.0 Å². The summed E-state index contributed by atoms with van der Waals surface area (Å²) in [5, 5.41) is 9.99. The number of carboxylic acids is 1. The predicted octanol–water partition coefficient (Wildman–Crippen LogP) is 6.67. The van der Waals surface area contributed by atoms with Crippen LogP contribution in [0.2, 0.25) is 5.02 Å². The van der Waals surface area contributed by atoms with Crippen LogP contribution in [0.1, 0.15) is 29.8 Å². The van der Waals surface area contributed by atoms with Crippen molar-refractivity contribution in [2.45, 2.75) is 26.5 Å². The molecule has 0 bridgehead atoms. The second-order valence-corrected chi connectivity index (χ2v) is 8.95. The molecule has 0 saturated carbocycles. The summed E-state index contributed by atoms with van der Waals surface area (Å²) in [6.07, 6.45) is 0.499. The molecule has 0 saturated heterocycles. The number of benzene rings is 3. The summed E-state index contributed by atoms with van der Waals surface area (Å²) in [6.45, 7) is 2.83. The Morgan fingerprint density at radius 1 is 1.13 bits per heavy atom. The quantitative estimate of drug-likeness (QED) is 0.254. The summed E-state index contributed by atoms with van der Waals surface area (Å²) in [7, 11) is 0. The Labute approximate surface area is 223 Å². The zero-order valence-corrected chi connectivity index (χ0v) is 21.3. The summed E-state index contributed by atoms with van der Waals surface area (Å²) in [4.78, 5) is 29.8. The molecule has 0 aliphatic carbocycles. The normalized spacial score (nSPS) is 11.6. The number of aryl methyl sites for hydroxylation is 1. The van der Waals surface area contributed by atoms with Gasteiger partial charge >= 0.3 is 12.1 Å². The number of halogens is 2. The van der Waals surface area contributed by atoms with Crippen LogP contribution in [-0.2, 0) is 11.4 Å². The molecule has 4 rings (SSSR count). The molecule has 1 aromatic heterocycles. The van der Waals surface area contributed by atoms with Gasteiger partial charge in [-0.15, -0.1) is 0 Å². The highest BCUT2D eigenvalue weighted by Gasteiger charge is 2.27. The monoisotopic (exact) mass is 538 g/mol. The second-order valence-electron chi connectivity index (χ2n) is 8.51. The number of hydrogen-bond acceptors (Lipinski definition) is 6. The van der Waals surface area contributed by atoms with E-state index in [-0.39, 0.29) is 12.4 Å². The second kappa shape index (κ2) is 11.8. The van der Waals surface area contributed by atoms with Crippen molar-refractivity contribution in [3.63, 3.8) is 0 Å². The fraction of sp³-hybridized carbons (Fsp3) is 0.179. The molecule has 196 valence electrons. The molecule has 38 heavy (non-hydrogen) atoms. The number of aliphatic carboxylic acids is 1. The fourth-order valence-electron chi connectivity index (χ4n) is 3.65. The van der Waals surface area contributed by atoms with Gasteiger partial charge in [-0.1, -0.05) is 29.8 Å². The minimum absolute atomic E-state index is 0.114. The molecule has 4 aromatic rings. The molecule has 1 atom stereocenters. The molecule has 0 aliphatic heterocycles. The Morgan fingerprint density at radius 3 is 2.63 bits per heavy atom. The van der Waals surface area contributed by atoms with Crippen LogP contribution < -0.4 is 9.47 Å². The maximum absolute atomic E-state index is 14.1. The molecule has 0 fully saturated rings. The molecular weight excluding hydrogens is 515 g/mol. The Kier molecular flexibility index (Phi) is 8.28. The van der Waals surface area contributed by atoms with E-state index in [1.54, 1.807) is 62.4 Å². The standard InChI is InChI=1S/C28H24ClFN2O6/c1-17-6-11-24(30)25(12-17)38-28(35)32(14-26(33)34)18(2)20-4-3-5-23(13-20)36-15-22-16-37-27(31-22)19-7-9-21(29)10-8-19/h3-13,16,18H,14-15H2,1-2H3,(H,33,34)/t18-/m0/s1. The summed E-state index contributed by atoms with van der Waals surface area (Å²) >= 11 is 5.92. The van der Waals surface area contributed by atoms with E-state index in [0.29, 0.717) is 33.5 Å². The van der Waals surface area contributed by atoms with E-state index < -0.39 is 30.5 Å². The highest BCUT2D eigenvalue weighted by Crippen LogP contribution is 2.27. The van der Waals surface area contributed by atoms with E-state index in [1.807, 2.05) is 0 Å². The van der Waals surface area contributed by atoms with E-state index in [0.717, 1.165) is 10.5 Å². The molecule has 10 heteroatoms. The van der Waals surface area contributed by atoms with Crippen molar-refractivity contribution in [2.75, 3.05) is 6.54 Å². The molecule has 1 amide bonds. The SMILES string of the molecule is Cc1ccc(F)c(OC(=O)N(CC(=O)O)[C@@H](C)c2cccc(OCc3coc(-c4ccc(Cl)cc4)n3)c2)c1. The average Bonchev–Trinajstić information content (AvgIpc) is 3.37. The number of carboxylic acid groups (broad SMARTS) is 1. The average molecular weight is 539 g/mol. The molecule has 0 unspecified atom stereocenters. The zero-order valence-electron chi connectivity index (χ0n) is 20.6. The lowest BCUT2D eigenvalue weighted by molar-refractivity contribution is -0.138. The molecule has 0 aliphatic rings. The van der Waals surface area contributed by atoms with Gasteiger partial charge in [0.2, 0.25) is 5.89 Å². The topological polar surface area (TPSA) is 102 Å². The summed E-state index contributed by atoms with van der Waals surface area (Å²) in [6, 6.07) is 17.3. The summed E-state index contributed by atoms with van der Waals surface area (Å²) in [5.74, 6) is -1.35. The number of hydrogen-bond donors (Lipinski definition) is 1.